The maximum atomic E-state index is 9.60. The number of anilines is 2. The summed E-state index contributed by atoms with van der Waals surface area (Å²) in [5.74, 6) is 2.51. The first kappa shape index (κ1) is 14.0. The summed E-state index contributed by atoms with van der Waals surface area (Å²) in [7, 11) is 4.09. The minimum atomic E-state index is -0.236. The molecule has 2 N–H and O–H groups in total. The van der Waals surface area contributed by atoms with Crippen LogP contribution in [0.5, 0.6) is 0 Å². The first-order chi connectivity index (χ1) is 9.04. The van der Waals surface area contributed by atoms with Crippen molar-refractivity contribution in [2.24, 2.45) is 0 Å². The lowest BCUT2D eigenvalue weighted by Gasteiger charge is -2.18. The number of nitrogens with one attached hydrogen (secondary N) is 1. The average molecular weight is 265 g/mol. The Bertz CT molecular complexity index is 423. The number of aromatic nitrogens is 2. The van der Waals surface area contributed by atoms with Crippen LogP contribution in [-0.2, 0) is 0 Å². The van der Waals surface area contributed by atoms with Crippen LogP contribution in [0.25, 0.3) is 0 Å². The summed E-state index contributed by atoms with van der Waals surface area (Å²) in [4.78, 5) is 13.1. The molecule has 0 bridgehead atoms. The maximum Gasteiger partial charge on any atom is 0.134 e. The number of nitrogens with zero attached hydrogens (tertiary/aromatic N) is 4. The Morgan fingerprint density at radius 1 is 1.47 bits per heavy atom. The molecule has 1 atom stereocenters. The second-order valence-electron chi connectivity index (χ2n) is 5.28. The van der Waals surface area contributed by atoms with E-state index in [1.54, 1.807) is 0 Å². The molecule has 1 aromatic rings. The molecule has 1 aliphatic rings. The van der Waals surface area contributed by atoms with Crippen LogP contribution in [0, 0.1) is 6.92 Å². The monoisotopic (exact) mass is 265 g/mol. The van der Waals surface area contributed by atoms with Gasteiger partial charge in [-0.05, 0) is 27.4 Å². The highest BCUT2D eigenvalue weighted by atomic mass is 16.3. The molecule has 0 spiro atoms. The number of hydrogen-bond acceptors (Lipinski definition) is 6. The summed E-state index contributed by atoms with van der Waals surface area (Å²) in [6.45, 7) is 5.22. The smallest absolute Gasteiger partial charge is 0.134 e. The van der Waals surface area contributed by atoms with Gasteiger partial charge in [0.2, 0.25) is 0 Å². The lowest BCUT2D eigenvalue weighted by atomic mass is 10.3. The van der Waals surface area contributed by atoms with Gasteiger partial charge in [-0.1, -0.05) is 0 Å². The molecule has 6 heteroatoms. The van der Waals surface area contributed by atoms with Crippen molar-refractivity contribution < 1.29 is 5.11 Å². The molecule has 0 aromatic carbocycles. The van der Waals surface area contributed by atoms with E-state index in [0.29, 0.717) is 6.54 Å². The number of β-amino-alcohol motifs (C(OH)–C–C–N with tert-alkyl or cyclic N) is 1. The number of rotatable bonds is 5. The zero-order valence-electron chi connectivity index (χ0n) is 11.9. The number of aliphatic hydroxyl groups excluding tert-OH is 1. The van der Waals surface area contributed by atoms with Crippen molar-refractivity contribution in [2.45, 2.75) is 19.4 Å². The second-order valence-corrected chi connectivity index (χ2v) is 5.28. The highest BCUT2D eigenvalue weighted by Crippen LogP contribution is 2.20. The van der Waals surface area contributed by atoms with Crippen LogP contribution in [0.3, 0.4) is 0 Å². The Kier molecular flexibility index (Phi) is 4.55. The number of hydrogen-bond donors (Lipinski definition) is 2. The second kappa shape index (κ2) is 6.16. The minimum absolute atomic E-state index is 0.236. The van der Waals surface area contributed by atoms with Gasteiger partial charge in [-0.15, -0.1) is 0 Å². The van der Waals surface area contributed by atoms with Crippen LogP contribution >= 0.6 is 0 Å². The Morgan fingerprint density at radius 3 is 2.89 bits per heavy atom. The van der Waals surface area contributed by atoms with E-state index in [-0.39, 0.29) is 6.10 Å². The van der Waals surface area contributed by atoms with Gasteiger partial charge >= 0.3 is 0 Å². The predicted octanol–water partition coefficient (Wildman–Crippen LogP) is 0.330. The summed E-state index contributed by atoms with van der Waals surface area (Å²) in [5.41, 5.74) is 0. The van der Waals surface area contributed by atoms with Crippen LogP contribution in [0.4, 0.5) is 11.6 Å². The lowest BCUT2D eigenvalue weighted by Crippen LogP contribution is -2.24. The van der Waals surface area contributed by atoms with Crippen LogP contribution < -0.4 is 10.2 Å². The fourth-order valence-corrected chi connectivity index (χ4v) is 2.16. The molecule has 0 radical (unpaired) electrons. The highest BCUT2D eigenvalue weighted by molar-refractivity contribution is 5.50. The van der Waals surface area contributed by atoms with E-state index in [4.69, 9.17) is 0 Å². The zero-order chi connectivity index (χ0) is 13.8. The predicted molar refractivity (Wildman–Crippen MR) is 76.6 cm³/mol. The van der Waals surface area contributed by atoms with Gasteiger partial charge in [-0.2, -0.15) is 0 Å². The van der Waals surface area contributed by atoms with Gasteiger partial charge in [0.25, 0.3) is 0 Å². The van der Waals surface area contributed by atoms with Crippen LogP contribution in [0.15, 0.2) is 6.07 Å². The van der Waals surface area contributed by atoms with Gasteiger partial charge in [-0.3, -0.25) is 0 Å². The summed E-state index contributed by atoms with van der Waals surface area (Å²) < 4.78 is 0. The Labute approximate surface area is 114 Å². The lowest BCUT2D eigenvalue weighted by molar-refractivity contribution is 0.198. The molecule has 2 rings (SSSR count). The van der Waals surface area contributed by atoms with Crippen molar-refractivity contribution in [3.05, 3.63) is 11.9 Å². The molecular formula is C13H23N5O. The van der Waals surface area contributed by atoms with E-state index in [2.05, 4.69) is 25.1 Å². The number of aryl methyl sites for hydroxylation is 1. The Hall–Kier alpha value is -1.40. The Balaban J connectivity index is 2.02. The quantitative estimate of drug-likeness (QED) is 0.800. The van der Waals surface area contributed by atoms with Gasteiger partial charge in [0, 0.05) is 32.2 Å². The zero-order valence-corrected chi connectivity index (χ0v) is 11.9. The summed E-state index contributed by atoms with van der Waals surface area (Å²) in [6.07, 6.45) is 0.576. The Morgan fingerprint density at radius 2 is 2.26 bits per heavy atom. The molecule has 106 valence electrons. The van der Waals surface area contributed by atoms with E-state index in [1.165, 1.54) is 0 Å². The standard InChI is InChI=1S/C13H23N5O/c1-10-15-12(14-5-7-17(2)3)8-13(16-10)18-6-4-11(19)9-18/h8,11,19H,4-7,9H2,1-3H3,(H,14,15,16). The molecule has 1 fully saturated rings. The fraction of sp³-hybridized carbons (Fsp3) is 0.692. The van der Waals surface area contributed by atoms with Crippen molar-refractivity contribution >= 4 is 11.6 Å². The molecule has 1 aliphatic heterocycles. The molecule has 6 nitrogen and oxygen atoms in total. The van der Waals surface area contributed by atoms with Crippen molar-refractivity contribution in [1.29, 1.82) is 0 Å². The van der Waals surface area contributed by atoms with Gasteiger partial charge in [0.05, 0.1) is 6.10 Å². The molecule has 1 aromatic heterocycles. The third-order valence-electron chi connectivity index (χ3n) is 3.18. The molecule has 1 saturated heterocycles. The van der Waals surface area contributed by atoms with Crippen molar-refractivity contribution in [2.75, 3.05) is 50.5 Å². The first-order valence-electron chi connectivity index (χ1n) is 6.72. The summed E-state index contributed by atoms with van der Waals surface area (Å²) in [6, 6.07) is 1.96. The SMILES string of the molecule is Cc1nc(NCCN(C)C)cc(N2CCC(O)C2)n1. The van der Waals surface area contributed by atoms with Gasteiger partial charge in [-0.25, -0.2) is 9.97 Å². The summed E-state index contributed by atoms with van der Waals surface area (Å²) in [5, 5.41) is 12.9. The topological polar surface area (TPSA) is 64.5 Å². The molecule has 0 saturated carbocycles. The minimum Gasteiger partial charge on any atom is -0.391 e. The van der Waals surface area contributed by atoms with E-state index in [9.17, 15) is 5.11 Å². The maximum absolute atomic E-state index is 9.60. The third-order valence-corrected chi connectivity index (χ3v) is 3.18. The average Bonchev–Trinajstić information content (AvgIpc) is 2.75. The highest BCUT2D eigenvalue weighted by Gasteiger charge is 2.21. The van der Waals surface area contributed by atoms with E-state index < -0.39 is 0 Å². The largest absolute Gasteiger partial charge is 0.391 e. The van der Waals surface area contributed by atoms with Crippen LogP contribution in [0.2, 0.25) is 0 Å². The van der Waals surface area contributed by atoms with Crippen molar-refractivity contribution in [1.82, 2.24) is 14.9 Å². The number of likely N-dealkylation sites (N-methyl/N-ethyl adjacent to an activating group) is 1. The van der Waals surface area contributed by atoms with Gasteiger partial charge < -0.3 is 20.2 Å². The molecular weight excluding hydrogens is 242 g/mol. The third kappa shape index (κ3) is 4.04. The van der Waals surface area contributed by atoms with Gasteiger partial charge in [0.1, 0.15) is 17.5 Å². The van der Waals surface area contributed by atoms with Crippen LogP contribution in [-0.4, -0.2) is 66.4 Å². The fourth-order valence-electron chi connectivity index (χ4n) is 2.16. The normalized spacial score (nSPS) is 19.2. The molecule has 19 heavy (non-hydrogen) atoms. The number of aliphatic hydroxyl groups is 1. The van der Waals surface area contributed by atoms with E-state index >= 15 is 0 Å². The van der Waals surface area contributed by atoms with E-state index in [1.807, 2.05) is 27.1 Å². The van der Waals surface area contributed by atoms with Gasteiger partial charge in [0.15, 0.2) is 0 Å². The van der Waals surface area contributed by atoms with E-state index in [0.717, 1.165) is 43.5 Å². The van der Waals surface area contributed by atoms with Crippen molar-refractivity contribution in [3.63, 3.8) is 0 Å². The molecule has 0 aliphatic carbocycles. The molecule has 1 unspecified atom stereocenters. The first-order valence-corrected chi connectivity index (χ1v) is 6.72. The van der Waals surface area contributed by atoms with Crippen LogP contribution in [0.1, 0.15) is 12.2 Å². The molecule has 0 amide bonds. The summed E-state index contributed by atoms with van der Waals surface area (Å²) >= 11 is 0. The van der Waals surface area contributed by atoms with Crippen molar-refractivity contribution in [3.8, 4) is 0 Å². The molecule has 2 heterocycles.